The van der Waals surface area contributed by atoms with Crippen LogP contribution in [0.15, 0.2) is 48.5 Å². The van der Waals surface area contributed by atoms with E-state index in [-0.39, 0.29) is 24.2 Å². The fraction of sp³-hybridized carbons (Fsp3) is 0.188. The normalized spacial score (nSPS) is 11.6. The first kappa shape index (κ1) is 16.8. The molecule has 0 aromatic heterocycles. The van der Waals surface area contributed by atoms with Crippen molar-refractivity contribution in [3.63, 3.8) is 0 Å². The van der Waals surface area contributed by atoms with E-state index in [0.717, 1.165) is 5.56 Å². The number of amides is 1. The highest BCUT2D eigenvalue weighted by Gasteiger charge is 2.13. The van der Waals surface area contributed by atoms with Crippen molar-refractivity contribution in [2.45, 2.75) is 13.0 Å². The van der Waals surface area contributed by atoms with Gasteiger partial charge in [-0.05, 0) is 30.7 Å². The Balaban J connectivity index is 1.87. The zero-order valence-corrected chi connectivity index (χ0v) is 13.1. The highest BCUT2D eigenvalue weighted by molar-refractivity contribution is 6.31. The van der Waals surface area contributed by atoms with Crippen molar-refractivity contribution >= 4 is 23.2 Å². The molecule has 1 N–H and O–H groups in total. The minimum Gasteiger partial charge on any atom is -0.484 e. The van der Waals surface area contributed by atoms with E-state index in [2.05, 4.69) is 5.32 Å². The summed E-state index contributed by atoms with van der Waals surface area (Å²) < 4.78 is 5.30. The molecular weight excluding hydrogens is 320 g/mol. The number of nitrogens with one attached hydrogen (secondary N) is 1. The van der Waals surface area contributed by atoms with Crippen LogP contribution in [0.1, 0.15) is 18.5 Å². The highest BCUT2D eigenvalue weighted by atomic mass is 35.5. The molecule has 0 heterocycles. The van der Waals surface area contributed by atoms with Gasteiger partial charge in [-0.1, -0.05) is 29.8 Å². The van der Waals surface area contributed by atoms with E-state index in [9.17, 15) is 14.9 Å². The lowest BCUT2D eigenvalue weighted by Gasteiger charge is -2.16. The van der Waals surface area contributed by atoms with Crippen LogP contribution in [0, 0.1) is 10.1 Å². The number of nitro groups is 1. The average molecular weight is 335 g/mol. The Bertz CT molecular complexity index is 703. The maximum absolute atomic E-state index is 11.9. The Morgan fingerprint density at radius 1 is 1.26 bits per heavy atom. The molecule has 2 aromatic carbocycles. The van der Waals surface area contributed by atoms with Crippen LogP contribution in [0.2, 0.25) is 5.02 Å². The van der Waals surface area contributed by atoms with Gasteiger partial charge in [-0.3, -0.25) is 14.9 Å². The first-order valence-electron chi connectivity index (χ1n) is 6.88. The number of ether oxygens (including phenoxy) is 1. The summed E-state index contributed by atoms with van der Waals surface area (Å²) in [6, 6.07) is 12.5. The van der Waals surface area contributed by atoms with E-state index in [0.29, 0.717) is 10.8 Å². The van der Waals surface area contributed by atoms with Crippen molar-refractivity contribution in [1.29, 1.82) is 0 Å². The van der Waals surface area contributed by atoms with Gasteiger partial charge in [0.05, 0.1) is 11.0 Å². The molecule has 2 rings (SSSR count). The van der Waals surface area contributed by atoms with Crippen LogP contribution < -0.4 is 10.1 Å². The van der Waals surface area contributed by atoms with Crippen molar-refractivity contribution in [2.24, 2.45) is 0 Å². The second kappa shape index (κ2) is 7.60. The van der Waals surface area contributed by atoms with Crippen LogP contribution in [-0.2, 0) is 4.79 Å². The molecule has 1 amide bonds. The molecule has 0 fully saturated rings. The molecule has 120 valence electrons. The number of hydrogen-bond acceptors (Lipinski definition) is 4. The lowest BCUT2D eigenvalue weighted by Crippen LogP contribution is -2.31. The summed E-state index contributed by atoms with van der Waals surface area (Å²) >= 11 is 6.08. The van der Waals surface area contributed by atoms with Gasteiger partial charge in [0.1, 0.15) is 5.75 Å². The maximum Gasteiger partial charge on any atom is 0.269 e. The van der Waals surface area contributed by atoms with Crippen LogP contribution in [0.25, 0.3) is 0 Å². The minimum absolute atomic E-state index is 0.0332. The first-order chi connectivity index (χ1) is 11.0. The zero-order chi connectivity index (χ0) is 16.8. The van der Waals surface area contributed by atoms with Crippen LogP contribution in [0.4, 0.5) is 5.69 Å². The van der Waals surface area contributed by atoms with Gasteiger partial charge >= 0.3 is 0 Å². The number of nitrogens with zero attached hydrogens (tertiary/aromatic N) is 1. The largest absolute Gasteiger partial charge is 0.484 e. The molecule has 0 bridgehead atoms. The van der Waals surface area contributed by atoms with Crippen molar-refractivity contribution in [3.8, 4) is 5.75 Å². The summed E-state index contributed by atoms with van der Waals surface area (Å²) in [5.74, 6) is 0.0759. The van der Waals surface area contributed by atoms with Gasteiger partial charge in [0.15, 0.2) is 6.61 Å². The van der Waals surface area contributed by atoms with Crippen LogP contribution in [0.5, 0.6) is 5.75 Å². The van der Waals surface area contributed by atoms with Crippen molar-refractivity contribution in [2.75, 3.05) is 6.61 Å². The Morgan fingerprint density at radius 2 is 1.91 bits per heavy atom. The third kappa shape index (κ3) is 4.69. The lowest BCUT2D eigenvalue weighted by molar-refractivity contribution is -0.384. The molecule has 0 saturated heterocycles. The maximum atomic E-state index is 11.9. The molecule has 1 unspecified atom stereocenters. The van der Waals surface area contributed by atoms with Crippen molar-refractivity contribution in [1.82, 2.24) is 5.32 Å². The molecular formula is C16H15ClN2O4. The number of carbonyl (C=O) groups excluding carboxylic acids is 1. The summed E-state index contributed by atoms with van der Waals surface area (Å²) in [5.41, 5.74) is 0.784. The smallest absolute Gasteiger partial charge is 0.269 e. The molecule has 0 aliphatic carbocycles. The van der Waals surface area contributed by atoms with Gasteiger partial charge in [-0.25, -0.2) is 0 Å². The Morgan fingerprint density at radius 3 is 2.52 bits per heavy atom. The molecule has 6 nitrogen and oxygen atoms in total. The quantitative estimate of drug-likeness (QED) is 0.647. The van der Waals surface area contributed by atoms with E-state index < -0.39 is 4.92 Å². The summed E-state index contributed by atoms with van der Waals surface area (Å²) in [6.07, 6.45) is 0. The predicted octanol–water partition coefficient (Wildman–Crippen LogP) is 3.50. The standard InChI is InChI=1S/C16H15ClN2O4/c1-11(14-4-2-3-5-15(14)17)18-16(20)10-23-13-8-6-12(7-9-13)19(21)22/h2-9,11H,10H2,1H3,(H,18,20). The fourth-order valence-corrected chi connectivity index (χ4v) is 2.30. The van der Waals surface area contributed by atoms with Gasteiger partial charge in [-0.15, -0.1) is 0 Å². The van der Waals surface area contributed by atoms with E-state index in [1.54, 1.807) is 6.07 Å². The van der Waals surface area contributed by atoms with E-state index in [1.807, 2.05) is 25.1 Å². The Hall–Kier alpha value is -2.60. The SMILES string of the molecule is CC(NC(=O)COc1ccc([N+](=O)[O-])cc1)c1ccccc1Cl. The van der Waals surface area contributed by atoms with E-state index >= 15 is 0 Å². The molecule has 23 heavy (non-hydrogen) atoms. The minimum atomic E-state index is -0.498. The van der Waals surface area contributed by atoms with Crippen molar-refractivity contribution < 1.29 is 14.5 Å². The Labute approximate surface area is 138 Å². The molecule has 0 aliphatic heterocycles. The second-order valence-electron chi connectivity index (χ2n) is 4.85. The summed E-state index contributed by atoms with van der Waals surface area (Å²) in [7, 11) is 0. The topological polar surface area (TPSA) is 81.5 Å². The van der Waals surface area contributed by atoms with Gasteiger partial charge < -0.3 is 10.1 Å². The number of nitro benzene ring substituents is 1. The predicted molar refractivity (Wildman–Crippen MR) is 86.6 cm³/mol. The summed E-state index contributed by atoms with van der Waals surface area (Å²) in [6.45, 7) is 1.64. The number of non-ortho nitro benzene ring substituents is 1. The first-order valence-corrected chi connectivity index (χ1v) is 7.26. The number of rotatable bonds is 6. The Kier molecular flexibility index (Phi) is 5.54. The second-order valence-corrected chi connectivity index (χ2v) is 5.26. The monoisotopic (exact) mass is 334 g/mol. The van der Waals surface area contributed by atoms with Gasteiger partial charge in [0.25, 0.3) is 11.6 Å². The highest BCUT2D eigenvalue weighted by Crippen LogP contribution is 2.22. The van der Waals surface area contributed by atoms with Crippen LogP contribution in [-0.4, -0.2) is 17.4 Å². The van der Waals surface area contributed by atoms with Crippen LogP contribution in [0.3, 0.4) is 0 Å². The number of benzene rings is 2. The molecule has 1 atom stereocenters. The third-order valence-corrected chi connectivity index (χ3v) is 3.51. The van der Waals surface area contributed by atoms with Gasteiger partial charge in [0.2, 0.25) is 0 Å². The third-order valence-electron chi connectivity index (χ3n) is 3.17. The molecule has 0 spiro atoms. The molecule has 0 aliphatic rings. The molecule has 0 saturated carbocycles. The number of carbonyl (C=O) groups is 1. The number of halogens is 1. The molecule has 7 heteroatoms. The van der Waals surface area contributed by atoms with Gasteiger partial charge in [0, 0.05) is 17.2 Å². The van der Waals surface area contributed by atoms with Crippen LogP contribution >= 0.6 is 11.6 Å². The molecule has 0 radical (unpaired) electrons. The van der Waals surface area contributed by atoms with E-state index in [4.69, 9.17) is 16.3 Å². The van der Waals surface area contributed by atoms with E-state index in [1.165, 1.54) is 24.3 Å². The average Bonchev–Trinajstić information content (AvgIpc) is 2.53. The molecule has 2 aromatic rings. The summed E-state index contributed by atoms with van der Waals surface area (Å²) in [5, 5.41) is 13.9. The lowest BCUT2D eigenvalue weighted by atomic mass is 10.1. The number of hydrogen-bond donors (Lipinski definition) is 1. The summed E-state index contributed by atoms with van der Waals surface area (Å²) in [4.78, 5) is 22.0. The van der Waals surface area contributed by atoms with Gasteiger partial charge in [-0.2, -0.15) is 0 Å². The zero-order valence-electron chi connectivity index (χ0n) is 12.4. The van der Waals surface area contributed by atoms with Crippen molar-refractivity contribution in [3.05, 3.63) is 69.2 Å². The fourth-order valence-electron chi connectivity index (χ4n) is 2.00.